The zero-order chi connectivity index (χ0) is 20.4. The maximum Gasteiger partial charge on any atom is 0.215 e. The number of hydrogen-bond donors (Lipinski definition) is 1. The fraction of sp³-hybridized carbons (Fsp3) is 0.500. The predicted octanol–water partition coefficient (Wildman–Crippen LogP) is 3.01. The van der Waals surface area contributed by atoms with Crippen molar-refractivity contribution in [3.8, 4) is 17.0 Å². The summed E-state index contributed by atoms with van der Waals surface area (Å²) in [5.41, 5.74) is 10.0. The van der Waals surface area contributed by atoms with E-state index in [4.69, 9.17) is 29.7 Å². The Labute approximate surface area is 171 Å². The lowest BCUT2D eigenvalue weighted by Gasteiger charge is -2.28. The molecule has 1 atom stereocenters. The van der Waals surface area contributed by atoms with Crippen LogP contribution in [0.15, 0.2) is 30.3 Å². The van der Waals surface area contributed by atoms with E-state index in [1.807, 2.05) is 38.1 Å². The van der Waals surface area contributed by atoms with Gasteiger partial charge in [0.1, 0.15) is 18.5 Å². The summed E-state index contributed by atoms with van der Waals surface area (Å²) in [5.74, 6) is 0.881. The van der Waals surface area contributed by atoms with E-state index in [9.17, 15) is 0 Å². The van der Waals surface area contributed by atoms with Gasteiger partial charge >= 0.3 is 0 Å². The van der Waals surface area contributed by atoms with Crippen molar-refractivity contribution in [2.45, 2.75) is 32.7 Å². The average Bonchev–Trinajstić information content (AvgIpc) is 3.07. The Balaban J connectivity index is 1.62. The van der Waals surface area contributed by atoms with Gasteiger partial charge < -0.3 is 29.6 Å². The molecule has 2 N–H and O–H groups in total. The number of aryl methyl sites for hydroxylation is 1. The van der Waals surface area contributed by atoms with E-state index in [0.717, 1.165) is 41.3 Å². The molecule has 2 aliphatic rings. The highest BCUT2D eigenvalue weighted by molar-refractivity contribution is 5.74. The van der Waals surface area contributed by atoms with Gasteiger partial charge in [0.05, 0.1) is 19.8 Å². The molecule has 4 rings (SSSR count). The van der Waals surface area contributed by atoms with Crippen LogP contribution in [0.4, 0.5) is 11.5 Å². The molecule has 7 heteroatoms. The molecule has 1 aromatic heterocycles. The first-order chi connectivity index (χ1) is 13.9. The maximum absolute atomic E-state index is 6.05. The van der Waals surface area contributed by atoms with Crippen molar-refractivity contribution < 1.29 is 18.9 Å². The molecule has 7 nitrogen and oxygen atoms in total. The predicted molar refractivity (Wildman–Crippen MR) is 112 cm³/mol. The summed E-state index contributed by atoms with van der Waals surface area (Å²) in [4.78, 5) is 6.97. The number of aromatic nitrogens is 1. The van der Waals surface area contributed by atoms with Crippen LogP contribution in [0.2, 0.25) is 0 Å². The normalized spacial score (nSPS) is 21.3. The summed E-state index contributed by atoms with van der Waals surface area (Å²) in [6.07, 6.45) is -0.114. The molecule has 1 unspecified atom stereocenters. The maximum atomic E-state index is 6.05. The van der Waals surface area contributed by atoms with E-state index in [0.29, 0.717) is 32.3 Å². The minimum atomic E-state index is -0.569. The van der Waals surface area contributed by atoms with E-state index in [2.05, 4.69) is 17.9 Å². The molecule has 0 aliphatic carbocycles. The second kappa shape index (κ2) is 8.18. The topological polar surface area (TPSA) is 79.1 Å². The minimum absolute atomic E-state index is 0.114. The van der Waals surface area contributed by atoms with Gasteiger partial charge in [-0.3, -0.25) is 0 Å². The minimum Gasteiger partial charge on any atom is -0.475 e. The Morgan fingerprint density at radius 3 is 2.72 bits per heavy atom. The summed E-state index contributed by atoms with van der Waals surface area (Å²) < 4.78 is 23.0. The number of rotatable bonds is 5. The molecule has 0 spiro atoms. The number of ether oxygens (including phenoxy) is 4. The summed E-state index contributed by atoms with van der Waals surface area (Å²) >= 11 is 0. The molecule has 2 fully saturated rings. The number of nitrogens with zero attached hydrogens (tertiary/aromatic N) is 2. The van der Waals surface area contributed by atoms with Gasteiger partial charge in [-0.15, -0.1) is 0 Å². The van der Waals surface area contributed by atoms with Gasteiger partial charge in [0.25, 0.3) is 0 Å². The highest BCUT2D eigenvalue weighted by Gasteiger charge is 2.33. The number of hydrogen-bond acceptors (Lipinski definition) is 7. The number of morpholine rings is 1. The van der Waals surface area contributed by atoms with Crippen molar-refractivity contribution >= 4 is 11.5 Å². The standard InChI is InChI=1S/C22H29N3O4/c1-15-4-5-17(23)12-19(15)16-10-20(25-6-8-26-9-7-25)24-21(11-16)27-13-18-14-28-22(2,3)29-18/h4-5,10-12,18H,6-9,13-14,23H2,1-3H3. The van der Waals surface area contributed by atoms with Crippen molar-refractivity contribution in [2.75, 3.05) is 50.2 Å². The highest BCUT2D eigenvalue weighted by atomic mass is 16.7. The van der Waals surface area contributed by atoms with Crippen LogP contribution in [0, 0.1) is 6.92 Å². The molecule has 1 aromatic carbocycles. The third kappa shape index (κ3) is 4.80. The van der Waals surface area contributed by atoms with Crippen LogP contribution >= 0.6 is 0 Å². The molecule has 0 saturated carbocycles. The van der Waals surface area contributed by atoms with Crippen LogP contribution in [0.25, 0.3) is 11.1 Å². The van der Waals surface area contributed by atoms with Crippen molar-refractivity contribution in [2.24, 2.45) is 0 Å². The summed E-state index contributed by atoms with van der Waals surface area (Å²) in [6.45, 7) is 9.80. The second-order valence-corrected chi connectivity index (χ2v) is 7.99. The first-order valence-electron chi connectivity index (χ1n) is 10.1. The van der Waals surface area contributed by atoms with Crippen LogP contribution in [-0.4, -0.2) is 56.4 Å². The van der Waals surface area contributed by atoms with E-state index in [-0.39, 0.29) is 6.10 Å². The molecule has 2 aliphatic heterocycles. The number of benzene rings is 1. The molecule has 0 radical (unpaired) electrons. The van der Waals surface area contributed by atoms with Crippen LogP contribution in [0.1, 0.15) is 19.4 Å². The summed E-state index contributed by atoms with van der Waals surface area (Å²) in [6, 6.07) is 10.0. The van der Waals surface area contributed by atoms with E-state index in [1.54, 1.807) is 0 Å². The third-order valence-electron chi connectivity index (χ3n) is 5.18. The number of nitrogens with two attached hydrogens (primary N) is 1. The van der Waals surface area contributed by atoms with Gasteiger partial charge in [-0.25, -0.2) is 0 Å². The lowest BCUT2D eigenvalue weighted by Crippen LogP contribution is -2.36. The molecule has 3 heterocycles. The van der Waals surface area contributed by atoms with Crippen LogP contribution in [0.5, 0.6) is 5.88 Å². The van der Waals surface area contributed by atoms with Crippen molar-refractivity contribution in [1.82, 2.24) is 4.98 Å². The molecule has 156 valence electrons. The van der Waals surface area contributed by atoms with Crippen LogP contribution in [0.3, 0.4) is 0 Å². The van der Waals surface area contributed by atoms with Gasteiger partial charge in [0.2, 0.25) is 5.88 Å². The lowest BCUT2D eigenvalue weighted by atomic mass is 10.0. The largest absolute Gasteiger partial charge is 0.475 e. The number of nitrogen functional groups attached to an aromatic ring is 1. The monoisotopic (exact) mass is 399 g/mol. The Hall–Kier alpha value is -2.35. The molecule has 2 aromatic rings. The Kier molecular flexibility index (Phi) is 5.63. The highest BCUT2D eigenvalue weighted by Crippen LogP contribution is 2.32. The molecule has 29 heavy (non-hydrogen) atoms. The van der Waals surface area contributed by atoms with Gasteiger partial charge in [-0.2, -0.15) is 4.98 Å². The average molecular weight is 399 g/mol. The number of anilines is 2. The van der Waals surface area contributed by atoms with Crippen molar-refractivity contribution in [1.29, 1.82) is 0 Å². The Morgan fingerprint density at radius 1 is 1.21 bits per heavy atom. The molecule has 0 amide bonds. The zero-order valence-electron chi connectivity index (χ0n) is 17.3. The lowest BCUT2D eigenvalue weighted by molar-refractivity contribution is -0.141. The Morgan fingerprint density at radius 2 is 2.00 bits per heavy atom. The van der Waals surface area contributed by atoms with E-state index < -0.39 is 5.79 Å². The molecular formula is C22H29N3O4. The van der Waals surface area contributed by atoms with E-state index in [1.165, 1.54) is 0 Å². The third-order valence-corrected chi connectivity index (χ3v) is 5.18. The molecule has 2 saturated heterocycles. The van der Waals surface area contributed by atoms with Gasteiger partial charge in [-0.05, 0) is 55.7 Å². The number of pyridine rings is 1. The fourth-order valence-corrected chi connectivity index (χ4v) is 3.65. The summed E-state index contributed by atoms with van der Waals surface area (Å²) in [5, 5.41) is 0. The first-order valence-corrected chi connectivity index (χ1v) is 10.1. The van der Waals surface area contributed by atoms with Gasteiger partial charge in [0.15, 0.2) is 5.79 Å². The van der Waals surface area contributed by atoms with Crippen molar-refractivity contribution in [3.63, 3.8) is 0 Å². The molecular weight excluding hydrogens is 370 g/mol. The van der Waals surface area contributed by atoms with Crippen molar-refractivity contribution in [3.05, 3.63) is 35.9 Å². The SMILES string of the molecule is Cc1ccc(N)cc1-c1cc(OCC2COC(C)(C)O2)nc(N2CCOCC2)c1. The van der Waals surface area contributed by atoms with Crippen LogP contribution in [-0.2, 0) is 14.2 Å². The zero-order valence-corrected chi connectivity index (χ0v) is 17.3. The molecule has 0 bridgehead atoms. The Bertz CT molecular complexity index is 865. The fourth-order valence-electron chi connectivity index (χ4n) is 3.65. The second-order valence-electron chi connectivity index (χ2n) is 7.99. The first kappa shape index (κ1) is 19.9. The summed E-state index contributed by atoms with van der Waals surface area (Å²) in [7, 11) is 0. The van der Waals surface area contributed by atoms with Crippen LogP contribution < -0.4 is 15.4 Å². The quantitative estimate of drug-likeness (QED) is 0.774. The smallest absolute Gasteiger partial charge is 0.215 e. The van der Waals surface area contributed by atoms with Gasteiger partial charge in [-0.1, -0.05) is 6.07 Å². The van der Waals surface area contributed by atoms with Gasteiger partial charge in [0, 0.05) is 24.8 Å². The van der Waals surface area contributed by atoms with E-state index >= 15 is 0 Å².